The van der Waals surface area contributed by atoms with Crippen LogP contribution in [-0.4, -0.2) is 39.6 Å². The SMILES string of the molecule is O=C(NC[C@H]1CCCO1)[C@@H](Cc1ccccc1)NS(=O)(=O)c1ccc2ccccc2c1. The van der Waals surface area contributed by atoms with E-state index >= 15 is 0 Å². The molecule has 6 nitrogen and oxygen atoms in total. The number of rotatable bonds is 8. The van der Waals surface area contributed by atoms with Crippen LogP contribution in [0.3, 0.4) is 0 Å². The fourth-order valence-electron chi connectivity index (χ4n) is 3.77. The van der Waals surface area contributed by atoms with E-state index in [0.717, 1.165) is 29.2 Å². The Morgan fingerprint density at radius 1 is 1.00 bits per heavy atom. The number of amides is 1. The standard InChI is InChI=1S/C24H26N2O4S/c27-24(25-17-21-11-6-14-30-21)23(15-18-7-2-1-3-8-18)26-31(28,29)22-13-12-19-9-4-5-10-20(19)16-22/h1-5,7-10,12-13,16,21,23,26H,6,11,14-15,17H2,(H,25,27)/t21-,23-/m1/s1. The summed E-state index contributed by atoms with van der Waals surface area (Å²) in [6.45, 7) is 1.07. The van der Waals surface area contributed by atoms with E-state index < -0.39 is 16.1 Å². The Kier molecular flexibility index (Phi) is 6.65. The molecule has 2 N–H and O–H groups in total. The van der Waals surface area contributed by atoms with Crippen LogP contribution in [0.2, 0.25) is 0 Å². The van der Waals surface area contributed by atoms with Gasteiger partial charge in [-0.15, -0.1) is 0 Å². The smallest absolute Gasteiger partial charge is 0.241 e. The Morgan fingerprint density at radius 3 is 2.48 bits per heavy atom. The van der Waals surface area contributed by atoms with Crippen LogP contribution >= 0.6 is 0 Å². The summed E-state index contributed by atoms with van der Waals surface area (Å²) in [6.07, 6.45) is 2.11. The van der Waals surface area contributed by atoms with Crippen LogP contribution in [0.15, 0.2) is 77.7 Å². The van der Waals surface area contributed by atoms with Gasteiger partial charge in [0.1, 0.15) is 6.04 Å². The molecule has 7 heteroatoms. The van der Waals surface area contributed by atoms with E-state index in [1.54, 1.807) is 18.2 Å². The molecule has 1 amide bonds. The molecule has 1 fully saturated rings. The van der Waals surface area contributed by atoms with Crippen LogP contribution in [0, 0.1) is 0 Å². The molecule has 0 unspecified atom stereocenters. The Morgan fingerprint density at radius 2 is 1.74 bits per heavy atom. The number of nitrogens with one attached hydrogen (secondary N) is 2. The van der Waals surface area contributed by atoms with Gasteiger partial charge < -0.3 is 10.1 Å². The molecule has 4 rings (SSSR count). The van der Waals surface area contributed by atoms with Crippen molar-refractivity contribution in [2.45, 2.75) is 36.3 Å². The number of benzene rings is 3. The molecule has 162 valence electrons. The maximum Gasteiger partial charge on any atom is 0.241 e. The van der Waals surface area contributed by atoms with Crippen LogP contribution in [-0.2, 0) is 26.0 Å². The van der Waals surface area contributed by atoms with Gasteiger partial charge in [-0.1, -0.05) is 60.7 Å². The highest BCUT2D eigenvalue weighted by molar-refractivity contribution is 7.89. The molecule has 1 saturated heterocycles. The molecule has 1 aliphatic rings. The highest BCUT2D eigenvalue weighted by atomic mass is 32.2. The molecule has 2 atom stereocenters. The van der Waals surface area contributed by atoms with Gasteiger partial charge in [-0.2, -0.15) is 4.72 Å². The minimum atomic E-state index is -3.90. The monoisotopic (exact) mass is 438 g/mol. The zero-order valence-corrected chi connectivity index (χ0v) is 18.0. The number of hydrogen-bond donors (Lipinski definition) is 2. The molecule has 0 bridgehead atoms. The fraction of sp³-hybridized carbons (Fsp3) is 0.292. The van der Waals surface area contributed by atoms with E-state index in [4.69, 9.17) is 4.74 Å². The van der Waals surface area contributed by atoms with E-state index in [-0.39, 0.29) is 23.3 Å². The van der Waals surface area contributed by atoms with Gasteiger partial charge in [-0.3, -0.25) is 4.79 Å². The molecule has 3 aromatic rings. The van der Waals surface area contributed by atoms with E-state index in [1.807, 2.05) is 54.6 Å². The van der Waals surface area contributed by atoms with Gasteiger partial charge in [-0.05, 0) is 47.7 Å². The molecule has 3 aromatic carbocycles. The summed E-state index contributed by atoms with van der Waals surface area (Å²) in [4.78, 5) is 13.1. The van der Waals surface area contributed by atoms with Gasteiger partial charge in [0, 0.05) is 13.2 Å². The van der Waals surface area contributed by atoms with Crippen LogP contribution in [0.25, 0.3) is 10.8 Å². The topological polar surface area (TPSA) is 84.5 Å². The maximum absolute atomic E-state index is 13.1. The van der Waals surface area contributed by atoms with Gasteiger partial charge in [-0.25, -0.2) is 8.42 Å². The first-order chi connectivity index (χ1) is 15.0. The summed E-state index contributed by atoms with van der Waals surface area (Å²) in [5.41, 5.74) is 0.876. The zero-order chi connectivity index (χ0) is 21.7. The van der Waals surface area contributed by atoms with Crippen molar-refractivity contribution >= 4 is 26.7 Å². The van der Waals surface area contributed by atoms with Crippen molar-refractivity contribution in [2.24, 2.45) is 0 Å². The van der Waals surface area contributed by atoms with Gasteiger partial charge in [0.2, 0.25) is 15.9 Å². The number of ether oxygens (including phenoxy) is 1. The van der Waals surface area contributed by atoms with Gasteiger partial charge in [0.25, 0.3) is 0 Å². The second-order valence-corrected chi connectivity index (χ2v) is 9.47. The average Bonchev–Trinajstić information content (AvgIpc) is 3.31. The van der Waals surface area contributed by atoms with Crippen molar-refractivity contribution in [3.8, 4) is 0 Å². The highest BCUT2D eigenvalue weighted by Crippen LogP contribution is 2.19. The Balaban J connectivity index is 1.54. The third kappa shape index (κ3) is 5.50. The summed E-state index contributed by atoms with van der Waals surface area (Å²) in [5.74, 6) is -0.358. The molecule has 0 aromatic heterocycles. The summed E-state index contributed by atoms with van der Waals surface area (Å²) in [7, 11) is -3.90. The molecule has 0 aliphatic carbocycles. The third-order valence-corrected chi connectivity index (χ3v) is 6.93. The number of fused-ring (bicyclic) bond motifs is 1. The van der Waals surface area contributed by atoms with E-state index in [2.05, 4.69) is 10.0 Å². The van der Waals surface area contributed by atoms with Crippen LogP contribution < -0.4 is 10.0 Å². The van der Waals surface area contributed by atoms with Crippen molar-refractivity contribution in [3.63, 3.8) is 0 Å². The van der Waals surface area contributed by atoms with E-state index in [1.165, 1.54) is 0 Å². The number of sulfonamides is 1. The maximum atomic E-state index is 13.1. The summed E-state index contributed by atoms with van der Waals surface area (Å²) < 4.78 is 34.4. The predicted octanol–water partition coefficient (Wildman–Crippen LogP) is 3.02. The molecule has 31 heavy (non-hydrogen) atoms. The summed E-state index contributed by atoms with van der Waals surface area (Å²) in [5, 5.41) is 4.64. The van der Waals surface area contributed by atoms with Crippen molar-refractivity contribution in [2.75, 3.05) is 13.2 Å². The second-order valence-electron chi connectivity index (χ2n) is 7.75. The Bertz CT molecular complexity index is 1140. The van der Waals surface area contributed by atoms with Crippen LogP contribution in [0.1, 0.15) is 18.4 Å². The van der Waals surface area contributed by atoms with Gasteiger partial charge in [0.15, 0.2) is 0 Å². The minimum Gasteiger partial charge on any atom is -0.376 e. The average molecular weight is 439 g/mol. The first kappa shape index (κ1) is 21.5. The predicted molar refractivity (Wildman–Crippen MR) is 120 cm³/mol. The minimum absolute atomic E-state index is 0.0154. The van der Waals surface area contributed by atoms with Crippen molar-refractivity contribution in [3.05, 3.63) is 78.4 Å². The van der Waals surface area contributed by atoms with Crippen molar-refractivity contribution < 1.29 is 17.9 Å². The van der Waals surface area contributed by atoms with Crippen LogP contribution in [0.4, 0.5) is 0 Å². The first-order valence-electron chi connectivity index (χ1n) is 10.5. The molecule has 0 radical (unpaired) electrons. The normalized spacial score (nSPS) is 17.5. The first-order valence-corrected chi connectivity index (χ1v) is 11.9. The van der Waals surface area contributed by atoms with Gasteiger partial charge in [0.05, 0.1) is 11.0 Å². The van der Waals surface area contributed by atoms with Crippen molar-refractivity contribution in [1.82, 2.24) is 10.0 Å². The van der Waals surface area contributed by atoms with E-state index in [0.29, 0.717) is 13.2 Å². The lowest BCUT2D eigenvalue weighted by atomic mass is 10.1. The van der Waals surface area contributed by atoms with E-state index in [9.17, 15) is 13.2 Å². The molecule has 0 saturated carbocycles. The summed E-state index contributed by atoms with van der Waals surface area (Å²) >= 11 is 0. The highest BCUT2D eigenvalue weighted by Gasteiger charge is 2.27. The fourth-order valence-corrected chi connectivity index (χ4v) is 5.00. The number of hydrogen-bond acceptors (Lipinski definition) is 4. The molecular weight excluding hydrogens is 412 g/mol. The largest absolute Gasteiger partial charge is 0.376 e. The lowest BCUT2D eigenvalue weighted by Crippen LogP contribution is -2.49. The van der Waals surface area contributed by atoms with Crippen LogP contribution in [0.5, 0.6) is 0 Å². The quantitative estimate of drug-likeness (QED) is 0.566. The summed E-state index contributed by atoms with van der Waals surface area (Å²) in [6, 6.07) is 21.0. The molecule has 1 heterocycles. The third-order valence-electron chi connectivity index (χ3n) is 5.46. The Labute approximate surface area is 182 Å². The molecular formula is C24H26N2O4S. The lowest BCUT2D eigenvalue weighted by Gasteiger charge is -2.20. The van der Waals surface area contributed by atoms with Gasteiger partial charge >= 0.3 is 0 Å². The molecule has 0 spiro atoms. The lowest BCUT2D eigenvalue weighted by molar-refractivity contribution is -0.123. The molecule has 1 aliphatic heterocycles. The second kappa shape index (κ2) is 9.60. The number of carbonyl (C=O) groups is 1. The Hall–Kier alpha value is -2.74. The number of carbonyl (C=O) groups excluding carboxylic acids is 1. The van der Waals surface area contributed by atoms with Crippen molar-refractivity contribution in [1.29, 1.82) is 0 Å². The zero-order valence-electron chi connectivity index (χ0n) is 17.2.